The molecule has 1 heterocycles. The van der Waals surface area contributed by atoms with Gasteiger partial charge in [0.25, 0.3) is 0 Å². The van der Waals surface area contributed by atoms with Crippen molar-refractivity contribution in [3.05, 3.63) is 25.7 Å². The predicted octanol–water partition coefficient (Wildman–Crippen LogP) is 2.55. The van der Waals surface area contributed by atoms with Crippen LogP contribution >= 0.6 is 50.3 Å². The maximum atomic E-state index is 10.9. The van der Waals surface area contributed by atoms with E-state index in [1.165, 1.54) is 11.8 Å². The van der Waals surface area contributed by atoms with Crippen molar-refractivity contribution in [2.45, 2.75) is 10.6 Å². The van der Waals surface area contributed by atoms with E-state index < -0.39 is 11.2 Å². The van der Waals surface area contributed by atoms with E-state index in [4.69, 9.17) is 5.11 Å². The lowest BCUT2D eigenvalue weighted by atomic mass is 10.2. The molecule has 4 nitrogen and oxygen atoms in total. The van der Waals surface area contributed by atoms with Crippen LogP contribution in [0.4, 0.5) is 0 Å². The number of halogens is 2. The van der Waals surface area contributed by atoms with Crippen LogP contribution in [0.25, 0.3) is 0 Å². The maximum Gasteiger partial charge on any atom is 0.318 e. The van der Waals surface area contributed by atoms with Crippen LogP contribution in [0.5, 0.6) is 5.75 Å². The number of benzene rings is 1. The van der Waals surface area contributed by atoms with Crippen LogP contribution in [0.15, 0.2) is 16.6 Å². The van der Waals surface area contributed by atoms with Crippen molar-refractivity contribution in [1.29, 1.82) is 0 Å². The summed E-state index contributed by atoms with van der Waals surface area (Å²) in [5.41, 5.74) is 0.720. The Labute approximate surface area is 124 Å². The zero-order chi connectivity index (χ0) is 12.6. The molecule has 1 saturated heterocycles. The van der Waals surface area contributed by atoms with Crippen LogP contribution in [-0.4, -0.2) is 28.0 Å². The van der Waals surface area contributed by atoms with Gasteiger partial charge in [0, 0.05) is 16.6 Å². The molecule has 0 spiro atoms. The summed E-state index contributed by atoms with van der Waals surface area (Å²) < 4.78 is 1.61. The Bertz CT molecular complexity index is 471. The second kappa shape index (κ2) is 5.33. The van der Waals surface area contributed by atoms with Gasteiger partial charge in [0.2, 0.25) is 0 Å². The van der Waals surface area contributed by atoms with E-state index in [1.807, 2.05) is 34.7 Å². The summed E-state index contributed by atoms with van der Waals surface area (Å²) in [5.74, 6) is -0.612. The number of aliphatic carboxylic acids is 1. The highest BCUT2D eigenvalue weighted by Crippen LogP contribution is 2.41. The highest BCUT2D eigenvalue weighted by atomic mass is 127. The Morgan fingerprint density at radius 2 is 2.29 bits per heavy atom. The molecule has 0 radical (unpaired) electrons. The minimum Gasteiger partial charge on any atom is -0.506 e. The molecule has 0 saturated carbocycles. The van der Waals surface area contributed by atoms with Crippen molar-refractivity contribution in [1.82, 2.24) is 5.32 Å². The molecule has 7 heteroatoms. The number of aromatic hydroxyl groups is 1. The number of rotatable bonds is 2. The number of carbonyl (C=O) groups is 1. The quantitative estimate of drug-likeness (QED) is 0.630. The molecule has 0 aromatic heterocycles. The van der Waals surface area contributed by atoms with Gasteiger partial charge in [0.1, 0.15) is 11.0 Å². The molecule has 1 aromatic carbocycles. The topological polar surface area (TPSA) is 69.6 Å². The van der Waals surface area contributed by atoms with E-state index in [0.717, 1.165) is 13.6 Å². The molecule has 1 fully saturated rings. The van der Waals surface area contributed by atoms with E-state index >= 15 is 0 Å². The summed E-state index contributed by atoms with van der Waals surface area (Å²) in [5, 5.41) is 21.4. The molecule has 2 atom stereocenters. The van der Waals surface area contributed by atoms with Crippen LogP contribution in [0, 0.1) is 3.57 Å². The van der Waals surface area contributed by atoms with Crippen LogP contribution < -0.4 is 5.32 Å². The van der Waals surface area contributed by atoms with E-state index in [9.17, 15) is 9.90 Å². The summed E-state index contributed by atoms with van der Waals surface area (Å²) in [6, 6.07) is 3.63. The minimum absolute atomic E-state index is 0.179. The highest BCUT2D eigenvalue weighted by molar-refractivity contribution is 14.1. The van der Waals surface area contributed by atoms with Gasteiger partial charge >= 0.3 is 5.97 Å². The van der Waals surface area contributed by atoms with Crippen molar-refractivity contribution in [2.75, 3.05) is 6.54 Å². The van der Waals surface area contributed by atoms with Gasteiger partial charge in [0.05, 0.1) is 8.94 Å². The van der Waals surface area contributed by atoms with Gasteiger partial charge in [0.15, 0.2) is 0 Å². The van der Waals surface area contributed by atoms with Crippen molar-refractivity contribution in [3.63, 3.8) is 0 Å². The van der Waals surface area contributed by atoms with Gasteiger partial charge in [-0.2, -0.15) is 0 Å². The second-order valence-corrected chi connectivity index (χ2v) is 6.97. The molecule has 0 amide bonds. The van der Waals surface area contributed by atoms with Crippen LogP contribution in [0.1, 0.15) is 10.9 Å². The lowest BCUT2D eigenvalue weighted by molar-refractivity contribution is -0.136. The van der Waals surface area contributed by atoms with Crippen LogP contribution in [-0.2, 0) is 4.79 Å². The molecule has 17 heavy (non-hydrogen) atoms. The molecule has 0 aliphatic carbocycles. The number of phenols is 1. The number of carboxylic acids is 1. The smallest absolute Gasteiger partial charge is 0.318 e. The van der Waals surface area contributed by atoms with Crippen molar-refractivity contribution < 1.29 is 15.0 Å². The van der Waals surface area contributed by atoms with Gasteiger partial charge < -0.3 is 10.2 Å². The first kappa shape index (κ1) is 13.4. The van der Waals surface area contributed by atoms with Gasteiger partial charge in [-0.15, -0.1) is 11.8 Å². The van der Waals surface area contributed by atoms with Gasteiger partial charge in [-0.3, -0.25) is 10.1 Å². The number of phenolic OH excluding ortho intramolecular Hbond substituents is 1. The lowest BCUT2D eigenvalue weighted by Gasteiger charge is -2.13. The zero-order valence-corrected chi connectivity index (χ0v) is 13.0. The Kier molecular flexibility index (Phi) is 4.22. The normalized spacial score (nSPS) is 23.9. The summed E-state index contributed by atoms with van der Waals surface area (Å²) in [6.45, 7) is 0.410. The third kappa shape index (κ3) is 2.88. The Morgan fingerprint density at radius 1 is 1.59 bits per heavy atom. The predicted molar refractivity (Wildman–Crippen MR) is 78.3 cm³/mol. The molecule has 2 rings (SSSR count). The fourth-order valence-electron chi connectivity index (χ4n) is 1.59. The number of carboxylic acid groups (broad SMARTS) is 1. The van der Waals surface area contributed by atoms with E-state index in [-0.39, 0.29) is 11.1 Å². The molecular weight excluding hydrogens is 421 g/mol. The molecule has 1 aromatic rings. The van der Waals surface area contributed by atoms with Crippen LogP contribution in [0.3, 0.4) is 0 Å². The molecule has 1 aliphatic rings. The summed E-state index contributed by atoms with van der Waals surface area (Å²) in [7, 11) is 0. The third-order valence-corrected chi connectivity index (χ3v) is 5.07. The van der Waals surface area contributed by atoms with Crippen molar-refractivity contribution in [2.24, 2.45) is 0 Å². The van der Waals surface area contributed by atoms with Gasteiger partial charge in [-0.25, -0.2) is 0 Å². The van der Waals surface area contributed by atoms with Gasteiger partial charge in [-0.05, 0) is 34.7 Å². The molecule has 92 valence electrons. The maximum absolute atomic E-state index is 10.9. The largest absolute Gasteiger partial charge is 0.506 e. The summed E-state index contributed by atoms with van der Waals surface area (Å²) in [4.78, 5) is 10.9. The Balaban J connectivity index is 2.27. The van der Waals surface area contributed by atoms with Gasteiger partial charge in [-0.1, -0.05) is 15.9 Å². The van der Waals surface area contributed by atoms with Crippen molar-refractivity contribution in [3.8, 4) is 5.75 Å². The average Bonchev–Trinajstić information content (AvgIpc) is 2.72. The molecule has 0 bridgehead atoms. The SMILES string of the molecule is O=C(O)[C@H]1CN[C@H](c2cc(Br)cc(I)c2O)S1. The van der Waals surface area contributed by atoms with E-state index in [2.05, 4.69) is 21.2 Å². The molecular formula is C10H9BrINO3S. The fourth-order valence-corrected chi connectivity index (χ4v) is 4.30. The van der Waals surface area contributed by atoms with Crippen LogP contribution in [0.2, 0.25) is 0 Å². The number of nitrogens with one attached hydrogen (secondary N) is 1. The minimum atomic E-state index is -0.825. The number of hydrogen-bond acceptors (Lipinski definition) is 4. The first-order valence-corrected chi connectivity index (χ1v) is 7.60. The summed E-state index contributed by atoms with van der Waals surface area (Å²) >= 11 is 6.72. The Hall–Kier alpha value is 0.01000. The second-order valence-electron chi connectivity index (χ2n) is 3.58. The number of thioether (sulfide) groups is 1. The highest BCUT2D eigenvalue weighted by Gasteiger charge is 2.32. The number of hydrogen-bond donors (Lipinski definition) is 3. The first-order valence-electron chi connectivity index (χ1n) is 4.78. The fraction of sp³-hybridized carbons (Fsp3) is 0.300. The van der Waals surface area contributed by atoms with E-state index in [1.54, 1.807) is 0 Å². The summed E-state index contributed by atoms with van der Waals surface area (Å²) in [6.07, 6.45) is 0. The van der Waals surface area contributed by atoms with Crippen molar-refractivity contribution >= 4 is 56.3 Å². The van der Waals surface area contributed by atoms with E-state index in [0.29, 0.717) is 6.54 Å². The lowest BCUT2D eigenvalue weighted by Crippen LogP contribution is -2.21. The first-order chi connectivity index (χ1) is 7.99. The third-order valence-electron chi connectivity index (χ3n) is 2.40. The molecule has 0 unspecified atom stereocenters. The molecule has 3 N–H and O–H groups in total. The molecule has 1 aliphatic heterocycles. The zero-order valence-electron chi connectivity index (χ0n) is 8.48. The monoisotopic (exact) mass is 429 g/mol. The average molecular weight is 430 g/mol. The Morgan fingerprint density at radius 3 is 2.88 bits per heavy atom. The standard InChI is InChI=1S/C10H9BrINO3S/c11-4-1-5(8(14)6(12)2-4)9-13-3-7(17-9)10(15)16/h1-2,7,9,13-14H,3H2,(H,15,16)/t7-,9+/m1/s1.